The van der Waals surface area contributed by atoms with Gasteiger partial charge in [0.1, 0.15) is 5.75 Å². The number of nitrogens with zero attached hydrogens (tertiary/aromatic N) is 1. The van der Waals surface area contributed by atoms with Crippen LogP contribution in [0.2, 0.25) is 0 Å². The summed E-state index contributed by atoms with van der Waals surface area (Å²) in [7, 11) is 5.11. The maximum atomic E-state index is 6.35. The lowest BCUT2D eigenvalue weighted by Crippen LogP contribution is -2.35. The molecule has 0 heterocycles. The van der Waals surface area contributed by atoms with Crippen LogP contribution < -0.4 is 10.5 Å². The van der Waals surface area contributed by atoms with Crippen LogP contribution in [0.25, 0.3) is 0 Å². The lowest BCUT2D eigenvalue weighted by Gasteiger charge is -2.26. The lowest BCUT2D eigenvalue weighted by atomic mass is 10.1. The van der Waals surface area contributed by atoms with Gasteiger partial charge in [0.2, 0.25) is 0 Å². The highest BCUT2D eigenvalue weighted by atomic mass is 16.5. The van der Waals surface area contributed by atoms with Gasteiger partial charge in [-0.1, -0.05) is 18.2 Å². The Morgan fingerprint density at radius 1 is 1.05 bits per heavy atom. The molecule has 1 atom stereocenters. The molecule has 5 heteroatoms. The average Bonchev–Trinajstić information content (AvgIpc) is 2.52. The van der Waals surface area contributed by atoms with E-state index in [0.29, 0.717) is 6.61 Å². The van der Waals surface area contributed by atoms with E-state index in [2.05, 4.69) is 4.90 Å². The van der Waals surface area contributed by atoms with Crippen molar-refractivity contribution < 1.29 is 14.2 Å². The first kappa shape index (κ1) is 17.9. The fourth-order valence-electron chi connectivity index (χ4n) is 2.30. The second kappa shape index (κ2) is 10.6. The van der Waals surface area contributed by atoms with E-state index in [1.54, 1.807) is 21.3 Å². The van der Waals surface area contributed by atoms with Gasteiger partial charge in [-0.3, -0.25) is 4.90 Å². The Morgan fingerprint density at radius 3 is 2.43 bits per heavy atom. The summed E-state index contributed by atoms with van der Waals surface area (Å²) in [5, 5.41) is 0. The van der Waals surface area contributed by atoms with Gasteiger partial charge in [0.05, 0.1) is 13.7 Å². The molecule has 0 aliphatic heterocycles. The fraction of sp³-hybridized carbons (Fsp3) is 0.625. The summed E-state index contributed by atoms with van der Waals surface area (Å²) in [6, 6.07) is 7.83. The molecule has 0 fully saturated rings. The van der Waals surface area contributed by atoms with Crippen LogP contribution in [-0.2, 0) is 9.47 Å². The Bertz CT molecular complexity index is 388. The normalized spacial score (nSPS) is 12.6. The van der Waals surface area contributed by atoms with Crippen molar-refractivity contribution in [2.75, 3.05) is 54.2 Å². The van der Waals surface area contributed by atoms with Crippen LogP contribution >= 0.6 is 0 Å². The topological polar surface area (TPSA) is 57.0 Å². The van der Waals surface area contributed by atoms with Crippen LogP contribution in [0.3, 0.4) is 0 Å². The van der Waals surface area contributed by atoms with Gasteiger partial charge in [0.15, 0.2) is 0 Å². The maximum Gasteiger partial charge on any atom is 0.123 e. The van der Waals surface area contributed by atoms with Crippen molar-refractivity contribution in [2.45, 2.75) is 12.5 Å². The monoisotopic (exact) mass is 296 g/mol. The Hall–Kier alpha value is -1.14. The standard InChI is InChI=1S/C16H28N2O3/c1-19-11-6-9-18(10-12-20-2)13-15(17)14-7-4-5-8-16(14)21-3/h4-5,7-8,15H,6,9-13,17H2,1-3H3. The van der Waals surface area contributed by atoms with Crippen LogP contribution in [0, 0.1) is 0 Å². The highest BCUT2D eigenvalue weighted by molar-refractivity contribution is 5.35. The summed E-state index contributed by atoms with van der Waals surface area (Å²) in [5.74, 6) is 0.841. The van der Waals surface area contributed by atoms with Crippen LogP contribution in [0.5, 0.6) is 5.75 Å². The van der Waals surface area contributed by atoms with Crippen molar-refractivity contribution in [3.05, 3.63) is 29.8 Å². The number of hydrogen-bond donors (Lipinski definition) is 1. The summed E-state index contributed by atoms with van der Waals surface area (Å²) in [6.07, 6.45) is 0.985. The molecule has 0 spiro atoms. The lowest BCUT2D eigenvalue weighted by molar-refractivity contribution is 0.129. The molecule has 1 unspecified atom stereocenters. The van der Waals surface area contributed by atoms with E-state index in [-0.39, 0.29) is 6.04 Å². The van der Waals surface area contributed by atoms with Gasteiger partial charge in [-0.15, -0.1) is 0 Å². The molecule has 0 aliphatic rings. The number of nitrogens with two attached hydrogens (primary N) is 1. The number of hydrogen-bond acceptors (Lipinski definition) is 5. The molecule has 0 aliphatic carbocycles. The third kappa shape index (κ3) is 6.44. The van der Waals surface area contributed by atoms with E-state index >= 15 is 0 Å². The molecule has 21 heavy (non-hydrogen) atoms. The van der Waals surface area contributed by atoms with E-state index in [0.717, 1.165) is 44.0 Å². The maximum absolute atomic E-state index is 6.35. The zero-order valence-electron chi connectivity index (χ0n) is 13.4. The summed E-state index contributed by atoms with van der Waals surface area (Å²) >= 11 is 0. The van der Waals surface area contributed by atoms with Crippen LogP contribution in [-0.4, -0.2) is 59.1 Å². The van der Waals surface area contributed by atoms with Gasteiger partial charge in [-0.25, -0.2) is 0 Å². The number of ether oxygens (including phenoxy) is 3. The zero-order chi connectivity index (χ0) is 15.5. The van der Waals surface area contributed by atoms with Crippen molar-refractivity contribution in [3.63, 3.8) is 0 Å². The van der Waals surface area contributed by atoms with Crippen LogP contribution in [0.1, 0.15) is 18.0 Å². The number of para-hydroxylation sites is 1. The van der Waals surface area contributed by atoms with Gasteiger partial charge >= 0.3 is 0 Å². The molecule has 0 aromatic heterocycles. The van der Waals surface area contributed by atoms with Gasteiger partial charge in [0.25, 0.3) is 0 Å². The molecule has 0 amide bonds. The molecule has 5 nitrogen and oxygen atoms in total. The molecule has 0 radical (unpaired) electrons. The first-order chi connectivity index (χ1) is 10.2. The molecule has 1 aromatic rings. The summed E-state index contributed by atoms with van der Waals surface area (Å²) in [6.45, 7) is 4.04. The Labute approximate surface area is 128 Å². The van der Waals surface area contributed by atoms with Crippen LogP contribution in [0.4, 0.5) is 0 Å². The third-order valence-electron chi connectivity index (χ3n) is 3.43. The zero-order valence-corrected chi connectivity index (χ0v) is 13.4. The van der Waals surface area contributed by atoms with Crippen molar-refractivity contribution in [3.8, 4) is 5.75 Å². The molecule has 0 saturated heterocycles. The SMILES string of the molecule is COCCCN(CCOC)CC(N)c1ccccc1OC. The van der Waals surface area contributed by atoms with E-state index in [9.17, 15) is 0 Å². The molecular formula is C16H28N2O3. The molecule has 1 aromatic carbocycles. The fourth-order valence-corrected chi connectivity index (χ4v) is 2.30. The summed E-state index contributed by atoms with van der Waals surface area (Å²) in [4.78, 5) is 2.31. The van der Waals surface area contributed by atoms with Gasteiger partial charge in [0, 0.05) is 52.1 Å². The molecule has 0 bridgehead atoms. The first-order valence-corrected chi connectivity index (χ1v) is 7.31. The quantitative estimate of drug-likeness (QED) is 0.630. The smallest absolute Gasteiger partial charge is 0.123 e. The molecule has 1 rings (SSSR count). The van der Waals surface area contributed by atoms with Crippen LogP contribution in [0.15, 0.2) is 24.3 Å². The summed E-state index contributed by atoms with van der Waals surface area (Å²) < 4.78 is 15.7. The third-order valence-corrected chi connectivity index (χ3v) is 3.43. The summed E-state index contributed by atoms with van der Waals surface area (Å²) in [5.41, 5.74) is 7.39. The predicted octanol–water partition coefficient (Wildman–Crippen LogP) is 1.68. The highest BCUT2D eigenvalue weighted by Gasteiger charge is 2.15. The van der Waals surface area contributed by atoms with Gasteiger partial charge < -0.3 is 19.9 Å². The second-order valence-corrected chi connectivity index (χ2v) is 4.99. The van der Waals surface area contributed by atoms with E-state index in [4.69, 9.17) is 19.9 Å². The van der Waals surface area contributed by atoms with E-state index in [1.165, 1.54) is 0 Å². The minimum atomic E-state index is -0.0828. The molecule has 0 saturated carbocycles. The number of benzene rings is 1. The van der Waals surface area contributed by atoms with Crippen molar-refractivity contribution in [1.82, 2.24) is 4.90 Å². The van der Waals surface area contributed by atoms with Crippen molar-refractivity contribution in [2.24, 2.45) is 5.73 Å². The average molecular weight is 296 g/mol. The van der Waals surface area contributed by atoms with Crippen molar-refractivity contribution in [1.29, 1.82) is 0 Å². The Kier molecular flexibility index (Phi) is 9.01. The largest absolute Gasteiger partial charge is 0.496 e. The first-order valence-electron chi connectivity index (χ1n) is 7.31. The molecule has 120 valence electrons. The highest BCUT2D eigenvalue weighted by Crippen LogP contribution is 2.23. The molecule has 2 N–H and O–H groups in total. The Balaban J connectivity index is 2.62. The molecular weight excluding hydrogens is 268 g/mol. The van der Waals surface area contributed by atoms with Gasteiger partial charge in [-0.05, 0) is 12.5 Å². The Morgan fingerprint density at radius 2 is 1.76 bits per heavy atom. The number of rotatable bonds is 11. The van der Waals surface area contributed by atoms with Gasteiger partial charge in [-0.2, -0.15) is 0 Å². The second-order valence-electron chi connectivity index (χ2n) is 4.99. The minimum absolute atomic E-state index is 0.0828. The van der Waals surface area contributed by atoms with E-state index < -0.39 is 0 Å². The van der Waals surface area contributed by atoms with E-state index in [1.807, 2.05) is 24.3 Å². The minimum Gasteiger partial charge on any atom is -0.496 e. The van der Waals surface area contributed by atoms with Crippen molar-refractivity contribution >= 4 is 0 Å². The predicted molar refractivity (Wildman–Crippen MR) is 84.7 cm³/mol. The number of methoxy groups -OCH3 is 3.